The van der Waals surface area contributed by atoms with Gasteiger partial charge in [-0.3, -0.25) is 4.90 Å². The molecule has 1 unspecified atom stereocenters. The van der Waals surface area contributed by atoms with Crippen LogP contribution in [0.15, 0.2) is 12.3 Å². The lowest BCUT2D eigenvalue weighted by Crippen LogP contribution is -2.50. The first-order valence-electron chi connectivity index (χ1n) is 8.00. The molecular weight excluding hydrogens is 267 g/mol. The summed E-state index contributed by atoms with van der Waals surface area (Å²) in [6.07, 6.45) is 3.92. The minimum atomic E-state index is -0.251. The van der Waals surface area contributed by atoms with Crippen molar-refractivity contribution in [1.82, 2.24) is 15.2 Å². The second-order valence-corrected chi connectivity index (χ2v) is 6.45. The van der Waals surface area contributed by atoms with E-state index in [1.54, 1.807) is 6.07 Å². The average molecular weight is 292 g/mol. The van der Waals surface area contributed by atoms with Gasteiger partial charge in [0.2, 0.25) is 0 Å². The molecule has 0 aliphatic carbocycles. The van der Waals surface area contributed by atoms with Crippen LogP contribution in [0.5, 0.6) is 0 Å². The number of hydrogen-bond acceptors (Lipinski definition) is 4. The van der Waals surface area contributed by atoms with E-state index < -0.39 is 0 Å². The number of pyridine rings is 1. The molecule has 1 atom stereocenters. The zero-order chi connectivity index (χ0) is 14.8. The number of halogens is 1. The zero-order valence-electron chi connectivity index (χ0n) is 13.0. The van der Waals surface area contributed by atoms with Crippen LogP contribution in [0.1, 0.15) is 32.3 Å². The van der Waals surface area contributed by atoms with Crippen LogP contribution in [0, 0.1) is 5.82 Å². The molecule has 2 aliphatic heterocycles. The molecule has 1 N–H and O–H groups in total. The zero-order valence-corrected chi connectivity index (χ0v) is 13.0. The maximum absolute atomic E-state index is 13.5. The van der Waals surface area contributed by atoms with Crippen molar-refractivity contribution in [3.05, 3.63) is 23.6 Å². The summed E-state index contributed by atoms with van der Waals surface area (Å²) in [5.41, 5.74) is 0.968. The molecule has 21 heavy (non-hydrogen) atoms. The van der Waals surface area contributed by atoms with Crippen LogP contribution in [0.25, 0.3) is 0 Å². The highest BCUT2D eigenvalue weighted by Crippen LogP contribution is 2.26. The van der Waals surface area contributed by atoms with Gasteiger partial charge in [-0.1, -0.05) is 13.8 Å². The third-order valence-corrected chi connectivity index (χ3v) is 4.50. The van der Waals surface area contributed by atoms with Crippen molar-refractivity contribution in [3.8, 4) is 0 Å². The standard InChI is InChI=1S/C16H25FN4/c1-12(2)18-9-13-8-14(17)10-19-16(13)21-7-6-20-5-3-4-15(20)11-21/h8,10,12,15,18H,3-7,9,11H2,1-2H3. The third kappa shape index (κ3) is 3.35. The van der Waals surface area contributed by atoms with Gasteiger partial charge in [-0.25, -0.2) is 9.37 Å². The molecule has 116 valence electrons. The Hall–Kier alpha value is -1.20. The topological polar surface area (TPSA) is 31.4 Å². The summed E-state index contributed by atoms with van der Waals surface area (Å²) in [5, 5.41) is 3.37. The minimum absolute atomic E-state index is 0.251. The summed E-state index contributed by atoms with van der Waals surface area (Å²) in [4.78, 5) is 9.30. The lowest BCUT2D eigenvalue weighted by molar-refractivity contribution is 0.230. The van der Waals surface area contributed by atoms with Gasteiger partial charge in [0.05, 0.1) is 6.20 Å². The number of piperazine rings is 1. The van der Waals surface area contributed by atoms with E-state index in [9.17, 15) is 4.39 Å². The molecule has 0 bridgehead atoms. The van der Waals surface area contributed by atoms with Gasteiger partial charge in [-0.2, -0.15) is 0 Å². The highest BCUT2D eigenvalue weighted by atomic mass is 19.1. The first-order chi connectivity index (χ1) is 10.1. The predicted molar refractivity (Wildman–Crippen MR) is 83.0 cm³/mol. The van der Waals surface area contributed by atoms with Gasteiger partial charge in [0.1, 0.15) is 11.6 Å². The van der Waals surface area contributed by atoms with Crippen LogP contribution in [0.3, 0.4) is 0 Å². The maximum atomic E-state index is 13.5. The molecule has 0 saturated carbocycles. The first-order valence-corrected chi connectivity index (χ1v) is 8.00. The van der Waals surface area contributed by atoms with E-state index in [2.05, 4.69) is 33.9 Å². The Morgan fingerprint density at radius 2 is 2.24 bits per heavy atom. The number of hydrogen-bond donors (Lipinski definition) is 1. The molecule has 2 saturated heterocycles. The Morgan fingerprint density at radius 1 is 1.38 bits per heavy atom. The molecule has 0 radical (unpaired) electrons. The van der Waals surface area contributed by atoms with Crippen molar-refractivity contribution in [2.75, 3.05) is 31.1 Å². The van der Waals surface area contributed by atoms with Gasteiger partial charge >= 0.3 is 0 Å². The maximum Gasteiger partial charge on any atom is 0.141 e. The fourth-order valence-electron chi connectivity index (χ4n) is 3.39. The van der Waals surface area contributed by atoms with E-state index in [-0.39, 0.29) is 5.82 Å². The fourth-order valence-corrected chi connectivity index (χ4v) is 3.39. The van der Waals surface area contributed by atoms with Gasteiger partial charge in [-0.15, -0.1) is 0 Å². The lowest BCUT2D eigenvalue weighted by atomic mass is 10.1. The van der Waals surface area contributed by atoms with Crippen LogP contribution in [-0.2, 0) is 6.54 Å². The summed E-state index contributed by atoms with van der Waals surface area (Å²) < 4.78 is 13.5. The van der Waals surface area contributed by atoms with Crippen molar-refractivity contribution in [1.29, 1.82) is 0 Å². The van der Waals surface area contributed by atoms with E-state index >= 15 is 0 Å². The Labute approximate surface area is 126 Å². The van der Waals surface area contributed by atoms with Crippen molar-refractivity contribution >= 4 is 5.82 Å². The fraction of sp³-hybridized carbons (Fsp3) is 0.688. The van der Waals surface area contributed by atoms with Crippen LogP contribution in [0.2, 0.25) is 0 Å². The van der Waals surface area contributed by atoms with Gasteiger partial charge in [-0.05, 0) is 25.5 Å². The molecule has 2 aliphatic rings. The molecule has 5 heteroatoms. The highest BCUT2D eigenvalue weighted by Gasteiger charge is 2.31. The third-order valence-electron chi connectivity index (χ3n) is 4.50. The number of anilines is 1. The molecule has 0 aromatic carbocycles. The molecule has 3 heterocycles. The normalized spacial score (nSPS) is 22.9. The number of nitrogens with one attached hydrogen (secondary N) is 1. The molecule has 0 amide bonds. The molecule has 1 aromatic heterocycles. The Morgan fingerprint density at radius 3 is 3.05 bits per heavy atom. The number of aromatic nitrogens is 1. The van der Waals surface area contributed by atoms with Crippen LogP contribution < -0.4 is 10.2 Å². The Kier molecular flexibility index (Phi) is 4.40. The summed E-state index contributed by atoms with van der Waals surface area (Å²) in [7, 11) is 0. The number of fused-ring (bicyclic) bond motifs is 1. The van der Waals surface area contributed by atoms with Crippen molar-refractivity contribution in [2.24, 2.45) is 0 Å². The predicted octanol–water partition coefficient (Wildman–Crippen LogP) is 2.00. The quantitative estimate of drug-likeness (QED) is 0.920. The second kappa shape index (κ2) is 6.28. The smallest absolute Gasteiger partial charge is 0.141 e. The number of rotatable bonds is 4. The van der Waals surface area contributed by atoms with E-state index in [1.165, 1.54) is 25.6 Å². The van der Waals surface area contributed by atoms with E-state index in [0.29, 0.717) is 18.6 Å². The summed E-state index contributed by atoms with van der Waals surface area (Å²) >= 11 is 0. The summed E-state index contributed by atoms with van der Waals surface area (Å²) in [6.45, 7) is 9.21. The Balaban J connectivity index is 1.77. The van der Waals surface area contributed by atoms with Gasteiger partial charge in [0, 0.05) is 43.8 Å². The molecule has 0 spiro atoms. The lowest BCUT2D eigenvalue weighted by Gasteiger charge is -2.38. The monoisotopic (exact) mass is 292 g/mol. The van der Waals surface area contributed by atoms with E-state index in [0.717, 1.165) is 31.0 Å². The minimum Gasteiger partial charge on any atom is -0.353 e. The van der Waals surface area contributed by atoms with E-state index in [4.69, 9.17) is 0 Å². The molecule has 4 nitrogen and oxygen atoms in total. The number of nitrogens with zero attached hydrogens (tertiary/aromatic N) is 3. The van der Waals surface area contributed by atoms with Crippen molar-refractivity contribution in [3.63, 3.8) is 0 Å². The Bertz CT molecular complexity index is 491. The molecule has 3 rings (SSSR count). The van der Waals surface area contributed by atoms with Crippen molar-refractivity contribution < 1.29 is 4.39 Å². The van der Waals surface area contributed by atoms with Crippen molar-refractivity contribution in [2.45, 2.75) is 45.3 Å². The van der Waals surface area contributed by atoms with Crippen LogP contribution in [-0.4, -0.2) is 48.1 Å². The summed E-state index contributed by atoms with van der Waals surface area (Å²) in [6, 6.07) is 2.66. The molecule has 2 fully saturated rings. The van der Waals surface area contributed by atoms with E-state index in [1.807, 2.05) is 0 Å². The van der Waals surface area contributed by atoms with Crippen LogP contribution in [0.4, 0.5) is 10.2 Å². The first kappa shape index (κ1) is 14.7. The molecular formula is C16H25FN4. The summed E-state index contributed by atoms with van der Waals surface area (Å²) in [5.74, 6) is 0.704. The largest absolute Gasteiger partial charge is 0.353 e. The van der Waals surface area contributed by atoms with Crippen LogP contribution >= 0.6 is 0 Å². The second-order valence-electron chi connectivity index (χ2n) is 6.45. The molecule has 1 aromatic rings. The highest BCUT2D eigenvalue weighted by molar-refractivity contribution is 5.47. The van der Waals surface area contributed by atoms with Gasteiger partial charge < -0.3 is 10.2 Å². The SMILES string of the molecule is CC(C)NCc1cc(F)cnc1N1CCN2CCCC2C1. The van der Waals surface area contributed by atoms with Gasteiger partial charge in [0.15, 0.2) is 0 Å². The average Bonchev–Trinajstić information content (AvgIpc) is 2.92. The van der Waals surface area contributed by atoms with Gasteiger partial charge in [0.25, 0.3) is 0 Å².